The van der Waals surface area contributed by atoms with Crippen LogP contribution in [0.2, 0.25) is 0 Å². The molecule has 82 valence electrons. The molecule has 0 amide bonds. The van der Waals surface area contributed by atoms with Crippen LogP contribution in [-0.2, 0) is 6.42 Å². The molecule has 1 fully saturated rings. The topological polar surface area (TPSA) is 25.8 Å². The molecule has 1 heterocycles. The predicted octanol–water partition coefficient (Wildman–Crippen LogP) is 3.36. The molecule has 2 aromatic rings. The Hall–Kier alpha value is -1.44. The van der Waals surface area contributed by atoms with Crippen LogP contribution < -0.4 is 0 Å². The highest BCUT2D eigenvalue weighted by Crippen LogP contribution is 2.27. The van der Waals surface area contributed by atoms with Gasteiger partial charge in [-0.1, -0.05) is 43.9 Å². The Morgan fingerprint density at radius 3 is 2.81 bits per heavy atom. The molecule has 1 aliphatic rings. The molecule has 0 bridgehead atoms. The van der Waals surface area contributed by atoms with E-state index in [2.05, 4.69) is 22.1 Å². The van der Waals surface area contributed by atoms with Crippen molar-refractivity contribution in [3.63, 3.8) is 0 Å². The van der Waals surface area contributed by atoms with Crippen LogP contribution in [0.15, 0.2) is 30.5 Å². The fourth-order valence-corrected chi connectivity index (χ4v) is 2.58. The minimum atomic E-state index is 0.821. The van der Waals surface area contributed by atoms with Gasteiger partial charge in [0.05, 0.1) is 5.52 Å². The SMILES string of the molecule is c1ccc2nc(CC3CCCC3)ncc2c1. The zero-order valence-corrected chi connectivity index (χ0v) is 9.39. The molecule has 2 nitrogen and oxygen atoms in total. The Labute approximate surface area is 95.7 Å². The number of rotatable bonds is 2. The molecule has 0 spiro atoms. The molecule has 1 saturated carbocycles. The molecule has 0 atom stereocenters. The van der Waals surface area contributed by atoms with Crippen LogP contribution in [0.25, 0.3) is 10.9 Å². The van der Waals surface area contributed by atoms with E-state index >= 15 is 0 Å². The van der Waals surface area contributed by atoms with Crippen molar-refractivity contribution in [1.82, 2.24) is 9.97 Å². The van der Waals surface area contributed by atoms with Crippen molar-refractivity contribution in [1.29, 1.82) is 0 Å². The molecule has 0 saturated heterocycles. The number of nitrogens with zero attached hydrogens (tertiary/aromatic N) is 2. The van der Waals surface area contributed by atoms with Gasteiger partial charge in [-0.15, -0.1) is 0 Å². The highest BCUT2D eigenvalue weighted by molar-refractivity contribution is 5.77. The lowest BCUT2D eigenvalue weighted by atomic mass is 10.0. The number of hydrogen-bond acceptors (Lipinski definition) is 2. The average molecular weight is 212 g/mol. The molecule has 0 unspecified atom stereocenters. The van der Waals surface area contributed by atoms with Gasteiger partial charge in [0.1, 0.15) is 5.82 Å². The van der Waals surface area contributed by atoms with Crippen molar-refractivity contribution in [2.75, 3.05) is 0 Å². The monoisotopic (exact) mass is 212 g/mol. The summed E-state index contributed by atoms with van der Waals surface area (Å²) in [6.45, 7) is 0. The highest BCUT2D eigenvalue weighted by atomic mass is 14.9. The maximum absolute atomic E-state index is 4.63. The number of para-hydroxylation sites is 1. The summed E-state index contributed by atoms with van der Waals surface area (Å²) < 4.78 is 0. The van der Waals surface area contributed by atoms with Crippen LogP contribution in [0.5, 0.6) is 0 Å². The van der Waals surface area contributed by atoms with Crippen molar-refractivity contribution in [3.05, 3.63) is 36.3 Å². The molecule has 0 radical (unpaired) electrons. The molecule has 16 heavy (non-hydrogen) atoms. The first kappa shape index (κ1) is 9.76. The normalized spacial score (nSPS) is 17.0. The molecule has 2 heteroatoms. The molecule has 0 aliphatic heterocycles. The van der Waals surface area contributed by atoms with Gasteiger partial charge < -0.3 is 0 Å². The summed E-state index contributed by atoms with van der Waals surface area (Å²) in [6, 6.07) is 8.20. The molecule has 3 rings (SSSR count). The van der Waals surface area contributed by atoms with Crippen molar-refractivity contribution < 1.29 is 0 Å². The second-order valence-electron chi connectivity index (χ2n) is 4.70. The summed E-state index contributed by atoms with van der Waals surface area (Å²) in [5.74, 6) is 1.84. The quantitative estimate of drug-likeness (QED) is 0.762. The van der Waals surface area contributed by atoms with Crippen molar-refractivity contribution >= 4 is 10.9 Å². The smallest absolute Gasteiger partial charge is 0.129 e. The van der Waals surface area contributed by atoms with Gasteiger partial charge in [-0.2, -0.15) is 0 Å². The van der Waals surface area contributed by atoms with Gasteiger partial charge in [-0.3, -0.25) is 0 Å². The first-order valence-corrected chi connectivity index (χ1v) is 6.12. The maximum atomic E-state index is 4.63. The van der Waals surface area contributed by atoms with Gasteiger partial charge in [-0.25, -0.2) is 9.97 Å². The summed E-state index contributed by atoms with van der Waals surface area (Å²) >= 11 is 0. The fourth-order valence-electron chi connectivity index (χ4n) is 2.58. The van der Waals surface area contributed by atoms with Gasteiger partial charge >= 0.3 is 0 Å². The van der Waals surface area contributed by atoms with Gasteiger partial charge in [-0.05, 0) is 12.0 Å². The van der Waals surface area contributed by atoms with E-state index in [4.69, 9.17) is 0 Å². The minimum absolute atomic E-state index is 0.821. The summed E-state index contributed by atoms with van der Waals surface area (Å²) in [7, 11) is 0. The third kappa shape index (κ3) is 1.92. The Bertz CT molecular complexity index is 487. The van der Waals surface area contributed by atoms with E-state index in [-0.39, 0.29) is 0 Å². The lowest BCUT2D eigenvalue weighted by molar-refractivity contribution is 0.531. The number of hydrogen-bond donors (Lipinski definition) is 0. The summed E-state index contributed by atoms with van der Waals surface area (Å²) in [4.78, 5) is 9.09. The first-order chi connectivity index (χ1) is 7.92. The van der Waals surface area contributed by atoms with E-state index < -0.39 is 0 Å². The Morgan fingerprint density at radius 1 is 1.12 bits per heavy atom. The average Bonchev–Trinajstić information content (AvgIpc) is 2.82. The van der Waals surface area contributed by atoms with Gasteiger partial charge in [0.15, 0.2) is 0 Å². The van der Waals surface area contributed by atoms with Gasteiger partial charge in [0, 0.05) is 18.0 Å². The molecule has 1 aromatic carbocycles. The molecule has 0 N–H and O–H groups in total. The van der Waals surface area contributed by atoms with Crippen LogP contribution in [-0.4, -0.2) is 9.97 Å². The Kier molecular flexibility index (Phi) is 2.56. The molecule has 1 aromatic heterocycles. The third-order valence-electron chi connectivity index (χ3n) is 3.48. The van der Waals surface area contributed by atoms with E-state index in [0.717, 1.165) is 29.1 Å². The second kappa shape index (κ2) is 4.20. The van der Waals surface area contributed by atoms with Gasteiger partial charge in [0.2, 0.25) is 0 Å². The zero-order chi connectivity index (χ0) is 10.8. The van der Waals surface area contributed by atoms with Crippen LogP contribution in [0, 0.1) is 5.92 Å². The summed E-state index contributed by atoms with van der Waals surface area (Å²) in [5.41, 5.74) is 1.07. The first-order valence-electron chi connectivity index (χ1n) is 6.12. The van der Waals surface area contributed by atoms with E-state index in [9.17, 15) is 0 Å². The predicted molar refractivity (Wildman–Crippen MR) is 65.2 cm³/mol. The van der Waals surface area contributed by atoms with E-state index in [1.165, 1.54) is 25.7 Å². The summed E-state index contributed by atoms with van der Waals surface area (Å²) in [5, 5.41) is 1.14. The minimum Gasteiger partial charge on any atom is -0.241 e. The van der Waals surface area contributed by atoms with E-state index in [1.807, 2.05) is 18.3 Å². The largest absolute Gasteiger partial charge is 0.241 e. The van der Waals surface area contributed by atoms with E-state index in [1.54, 1.807) is 0 Å². The number of fused-ring (bicyclic) bond motifs is 1. The standard InChI is InChI=1S/C14H16N2/c1-2-6-11(5-1)9-14-15-10-12-7-3-4-8-13(12)16-14/h3-4,7-8,10-11H,1-2,5-6,9H2. The molecular weight excluding hydrogens is 196 g/mol. The Morgan fingerprint density at radius 2 is 1.94 bits per heavy atom. The lowest BCUT2D eigenvalue weighted by Crippen LogP contribution is -2.03. The lowest BCUT2D eigenvalue weighted by Gasteiger charge is -2.07. The van der Waals surface area contributed by atoms with Crippen LogP contribution in [0.4, 0.5) is 0 Å². The van der Waals surface area contributed by atoms with Crippen LogP contribution >= 0.6 is 0 Å². The molecular formula is C14H16N2. The zero-order valence-electron chi connectivity index (χ0n) is 9.39. The van der Waals surface area contributed by atoms with Crippen molar-refractivity contribution in [2.45, 2.75) is 32.1 Å². The van der Waals surface area contributed by atoms with Crippen molar-refractivity contribution in [3.8, 4) is 0 Å². The number of benzene rings is 1. The highest BCUT2D eigenvalue weighted by Gasteiger charge is 2.16. The molecule has 1 aliphatic carbocycles. The van der Waals surface area contributed by atoms with Crippen LogP contribution in [0.3, 0.4) is 0 Å². The Balaban J connectivity index is 1.86. The maximum Gasteiger partial charge on any atom is 0.129 e. The van der Waals surface area contributed by atoms with Gasteiger partial charge in [0.25, 0.3) is 0 Å². The fraction of sp³-hybridized carbons (Fsp3) is 0.429. The van der Waals surface area contributed by atoms with Crippen LogP contribution in [0.1, 0.15) is 31.5 Å². The van der Waals surface area contributed by atoms with E-state index in [0.29, 0.717) is 0 Å². The van der Waals surface area contributed by atoms with Crippen molar-refractivity contribution in [2.24, 2.45) is 5.92 Å². The third-order valence-corrected chi connectivity index (χ3v) is 3.48. The summed E-state index contributed by atoms with van der Waals surface area (Å²) in [6.07, 6.45) is 8.50. The second-order valence-corrected chi connectivity index (χ2v) is 4.70. The number of aromatic nitrogens is 2.